The molecule has 2 heterocycles. The van der Waals surface area contributed by atoms with Gasteiger partial charge in [-0.2, -0.15) is 0 Å². The topological polar surface area (TPSA) is 95.2 Å². The van der Waals surface area contributed by atoms with Crippen LogP contribution >= 0.6 is 0 Å². The summed E-state index contributed by atoms with van der Waals surface area (Å²) in [6.45, 7) is 5.73. The molecule has 3 aromatic rings. The van der Waals surface area contributed by atoms with Crippen LogP contribution in [0.25, 0.3) is 17.1 Å². The summed E-state index contributed by atoms with van der Waals surface area (Å²) in [6.07, 6.45) is 0.642. The number of H-pyrrole nitrogens is 1. The van der Waals surface area contributed by atoms with Crippen molar-refractivity contribution in [3.63, 3.8) is 0 Å². The lowest BCUT2D eigenvalue weighted by atomic mass is 10.1. The fraction of sp³-hybridized carbons (Fsp3) is 0.130. The first-order valence-electron chi connectivity index (χ1n) is 9.57. The Morgan fingerprint density at radius 2 is 1.87 bits per heavy atom. The molecule has 1 aromatic heterocycles. The number of benzene rings is 2. The Labute approximate surface area is 173 Å². The number of nitrogens with one attached hydrogen (secondary N) is 2. The molecule has 0 spiro atoms. The number of fused-ring (bicyclic) bond motifs is 1. The predicted octanol–water partition coefficient (Wildman–Crippen LogP) is 3.06. The number of carbonyl (C=O) groups is 2. The molecule has 0 saturated heterocycles. The lowest BCUT2D eigenvalue weighted by molar-refractivity contribution is -0.116. The van der Waals surface area contributed by atoms with E-state index < -0.39 is 0 Å². The van der Waals surface area contributed by atoms with Gasteiger partial charge in [-0.05, 0) is 24.6 Å². The summed E-state index contributed by atoms with van der Waals surface area (Å²) in [5, 5.41) is 2.80. The minimum atomic E-state index is -0.349. The fourth-order valence-electron chi connectivity index (χ4n) is 3.42. The van der Waals surface area contributed by atoms with E-state index in [0.717, 1.165) is 5.56 Å². The molecule has 7 nitrogen and oxygen atoms in total. The largest absolute Gasteiger partial charge is 0.325 e. The summed E-state index contributed by atoms with van der Waals surface area (Å²) >= 11 is 0. The number of anilines is 1. The summed E-state index contributed by atoms with van der Waals surface area (Å²) in [5.41, 5.74) is 3.47. The fourth-order valence-corrected chi connectivity index (χ4v) is 3.42. The Morgan fingerprint density at radius 1 is 1.10 bits per heavy atom. The highest BCUT2D eigenvalue weighted by Crippen LogP contribution is 2.30. The van der Waals surface area contributed by atoms with Crippen LogP contribution in [0, 0.1) is 0 Å². The molecule has 2 aromatic carbocycles. The van der Waals surface area contributed by atoms with Crippen LogP contribution in [0.1, 0.15) is 28.5 Å². The first-order valence-corrected chi connectivity index (χ1v) is 9.57. The molecule has 30 heavy (non-hydrogen) atoms. The number of carbonyl (C=O) groups excluding carboxylic acids is 2. The summed E-state index contributed by atoms with van der Waals surface area (Å²) in [5.74, 6) is -0.148. The molecule has 0 atom stereocenters. The van der Waals surface area contributed by atoms with Gasteiger partial charge in [-0.1, -0.05) is 43.8 Å². The number of hydrogen-bond acceptors (Lipinski definition) is 4. The van der Waals surface area contributed by atoms with E-state index in [2.05, 4.69) is 21.9 Å². The molecule has 2 amide bonds. The zero-order valence-corrected chi connectivity index (χ0v) is 16.4. The second-order valence-electron chi connectivity index (χ2n) is 6.95. The normalized spacial score (nSPS) is 12.8. The number of amides is 2. The van der Waals surface area contributed by atoms with E-state index in [9.17, 15) is 14.4 Å². The van der Waals surface area contributed by atoms with E-state index >= 15 is 0 Å². The van der Waals surface area contributed by atoms with Gasteiger partial charge in [0, 0.05) is 39.8 Å². The van der Waals surface area contributed by atoms with E-state index in [1.807, 2.05) is 19.1 Å². The van der Waals surface area contributed by atoms with Crippen molar-refractivity contribution >= 4 is 23.2 Å². The molecule has 2 N–H and O–H groups in total. The molecule has 0 radical (unpaired) electrons. The molecule has 1 aliphatic heterocycles. The van der Waals surface area contributed by atoms with E-state index in [1.165, 1.54) is 11.0 Å². The van der Waals surface area contributed by atoms with Crippen LogP contribution in [-0.2, 0) is 11.2 Å². The maximum absolute atomic E-state index is 12.6. The Bertz CT molecular complexity index is 1190. The van der Waals surface area contributed by atoms with E-state index in [1.54, 1.807) is 36.4 Å². The molecule has 0 fully saturated rings. The van der Waals surface area contributed by atoms with Gasteiger partial charge in [0.1, 0.15) is 12.4 Å². The van der Waals surface area contributed by atoms with Crippen molar-refractivity contribution in [2.75, 3.05) is 11.9 Å². The number of hydrogen-bond donors (Lipinski definition) is 2. The molecule has 0 unspecified atom stereocenters. The monoisotopic (exact) mass is 400 g/mol. The number of aromatic nitrogens is 2. The van der Waals surface area contributed by atoms with Crippen molar-refractivity contribution in [1.29, 1.82) is 0 Å². The predicted molar refractivity (Wildman–Crippen MR) is 115 cm³/mol. The second kappa shape index (κ2) is 7.79. The van der Waals surface area contributed by atoms with Crippen molar-refractivity contribution in [2.24, 2.45) is 0 Å². The van der Waals surface area contributed by atoms with Crippen LogP contribution < -0.4 is 10.9 Å². The Hall–Kier alpha value is -4.00. The van der Waals surface area contributed by atoms with Crippen LogP contribution in [0.4, 0.5) is 5.69 Å². The third-order valence-electron chi connectivity index (χ3n) is 4.92. The number of aryl methyl sites for hydroxylation is 1. The van der Waals surface area contributed by atoms with E-state index in [0.29, 0.717) is 40.5 Å². The Balaban J connectivity index is 1.51. The van der Waals surface area contributed by atoms with Gasteiger partial charge in [0.15, 0.2) is 0 Å². The zero-order chi connectivity index (χ0) is 21.3. The molecule has 150 valence electrons. The third kappa shape index (κ3) is 3.65. The van der Waals surface area contributed by atoms with Gasteiger partial charge in [0.2, 0.25) is 5.91 Å². The number of nitrogens with zero attached hydrogens (tertiary/aromatic N) is 2. The molecule has 0 saturated carbocycles. The highest BCUT2D eigenvalue weighted by atomic mass is 16.2. The molecule has 0 aliphatic carbocycles. The maximum atomic E-state index is 12.6. The smallest absolute Gasteiger partial charge is 0.259 e. The summed E-state index contributed by atoms with van der Waals surface area (Å²) in [4.78, 5) is 45.5. The lowest BCUT2D eigenvalue weighted by Gasteiger charge is -2.17. The third-order valence-corrected chi connectivity index (χ3v) is 4.92. The van der Waals surface area contributed by atoms with E-state index in [-0.39, 0.29) is 23.9 Å². The van der Waals surface area contributed by atoms with Gasteiger partial charge < -0.3 is 10.3 Å². The van der Waals surface area contributed by atoms with Gasteiger partial charge in [-0.25, -0.2) is 4.98 Å². The van der Waals surface area contributed by atoms with Crippen LogP contribution in [0.2, 0.25) is 0 Å². The number of aromatic amines is 1. The van der Waals surface area contributed by atoms with Crippen molar-refractivity contribution in [2.45, 2.75) is 13.3 Å². The summed E-state index contributed by atoms with van der Waals surface area (Å²) in [7, 11) is 0. The summed E-state index contributed by atoms with van der Waals surface area (Å²) in [6, 6.07) is 15.6. The van der Waals surface area contributed by atoms with Crippen molar-refractivity contribution in [3.8, 4) is 11.4 Å². The van der Waals surface area contributed by atoms with Crippen LogP contribution in [0.15, 0.2) is 66.0 Å². The van der Waals surface area contributed by atoms with Crippen molar-refractivity contribution < 1.29 is 9.59 Å². The van der Waals surface area contributed by atoms with Gasteiger partial charge in [0.25, 0.3) is 11.5 Å². The Kier molecular flexibility index (Phi) is 5.02. The van der Waals surface area contributed by atoms with Gasteiger partial charge in [0.05, 0.1) is 0 Å². The standard InChI is InChI=1S/C23H20N4O3/c1-3-16-12-20(28)26-22(25-16)15-7-6-8-17(11-15)24-21(29)13-27-14(2)18-9-4-5-10-19(18)23(27)30/h4-12H,2-3,13H2,1H3,(H,24,29)(H,25,26,28). The van der Waals surface area contributed by atoms with E-state index in [4.69, 9.17) is 0 Å². The zero-order valence-electron chi connectivity index (χ0n) is 16.4. The number of rotatable bonds is 5. The maximum Gasteiger partial charge on any atom is 0.259 e. The molecular weight excluding hydrogens is 380 g/mol. The van der Waals surface area contributed by atoms with Crippen LogP contribution in [0.5, 0.6) is 0 Å². The van der Waals surface area contributed by atoms with Crippen LogP contribution in [-0.4, -0.2) is 33.2 Å². The van der Waals surface area contributed by atoms with Gasteiger partial charge >= 0.3 is 0 Å². The molecular formula is C23H20N4O3. The minimum absolute atomic E-state index is 0.142. The molecule has 7 heteroatoms. The van der Waals surface area contributed by atoms with Crippen molar-refractivity contribution in [1.82, 2.24) is 14.9 Å². The lowest BCUT2D eigenvalue weighted by Crippen LogP contribution is -2.32. The second-order valence-corrected chi connectivity index (χ2v) is 6.95. The average Bonchev–Trinajstić information content (AvgIpc) is 2.98. The van der Waals surface area contributed by atoms with Crippen LogP contribution in [0.3, 0.4) is 0 Å². The van der Waals surface area contributed by atoms with Gasteiger partial charge in [-0.3, -0.25) is 19.3 Å². The first kappa shape index (κ1) is 19.3. The highest BCUT2D eigenvalue weighted by molar-refractivity contribution is 6.11. The summed E-state index contributed by atoms with van der Waals surface area (Å²) < 4.78 is 0. The first-order chi connectivity index (χ1) is 14.5. The van der Waals surface area contributed by atoms with Gasteiger partial charge in [-0.15, -0.1) is 0 Å². The average molecular weight is 400 g/mol. The highest BCUT2D eigenvalue weighted by Gasteiger charge is 2.31. The molecule has 1 aliphatic rings. The quantitative estimate of drug-likeness (QED) is 0.688. The SMILES string of the molecule is C=C1c2ccccc2C(=O)N1CC(=O)Nc1cccc(-c2nc(CC)cc(=O)[nH]2)c1. The minimum Gasteiger partial charge on any atom is -0.325 e. The molecule has 4 rings (SSSR count). The molecule has 0 bridgehead atoms. The van der Waals surface area contributed by atoms with Crippen molar-refractivity contribution in [3.05, 3.63) is 88.4 Å². The Morgan fingerprint density at radius 3 is 2.60 bits per heavy atom.